The number of ether oxygens (including phenoxy) is 2. The number of aryl methyl sites for hydroxylation is 1. The van der Waals surface area contributed by atoms with Crippen LogP contribution < -0.4 is 9.47 Å². The second kappa shape index (κ2) is 7.01. The van der Waals surface area contributed by atoms with E-state index in [1.165, 1.54) is 13.2 Å². The topological polar surface area (TPSA) is 18.5 Å². The van der Waals surface area contributed by atoms with E-state index in [1.807, 2.05) is 6.92 Å². The van der Waals surface area contributed by atoms with Gasteiger partial charge in [0.25, 0.3) is 0 Å². The molecule has 0 saturated heterocycles. The lowest BCUT2D eigenvalue weighted by molar-refractivity contribution is 0.350. The summed E-state index contributed by atoms with van der Waals surface area (Å²) in [5, 5.41) is 0. The van der Waals surface area contributed by atoms with Crippen molar-refractivity contribution in [2.24, 2.45) is 0 Å². The molecule has 0 fully saturated rings. The van der Waals surface area contributed by atoms with Crippen molar-refractivity contribution < 1.29 is 13.9 Å². The molecule has 0 amide bonds. The van der Waals surface area contributed by atoms with Crippen molar-refractivity contribution in [3.05, 3.63) is 33.0 Å². The summed E-state index contributed by atoms with van der Waals surface area (Å²) < 4.78 is 24.9. The number of methoxy groups -OCH3 is 1. The van der Waals surface area contributed by atoms with Crippen molar-refractivity contribution in [3.8, 4) is 11.5 Å². The van der Waals surface area contributed by atoms with Crippen LogP contribution in [0.2, 0.25) is 0 Å². The minimum absolute atomic E-state index is 0.289. The Morgan fingerprint density at radius 3 is 2.65 bits per heavy atom. The maximum absolute atomic E-state index is 13.6. The summed E-state index contributed by atoms with van der Waals surface area (Å²) in [5.41, 5.74) is 0.796. The molecule has 0 saturated carbocycles. The first kappa shape index (κ1) is 14.5. The fraction of sp³-hybridized carbons (Fsp3) is 0.333. The fourth-order valence-corrected chi connectivity index (χ4v) is 1.66. The second-order valence-electron chi connectivity index (χ2n) is 3.26. The molecule has 0 aliphatic heterocycles. The van der Waals surface area contributed by atoms with Crippen molar-refractivity contribution in [1.82, 2.24) is 0 Å². The van der Waals surface area contributed by atoms with E-state index >= 15 is 0 Å². The molecular formula is C12H13Br2FO2. The van der Waals surface area contributed by atoms with Gasteiger partial charge in [-0.25, -0.2) is 4.39 Å². The lowest BCUT2D eigenvalue weighted by Crippen LogP contribution is -1.99. The number of halogens is 3. The zero-order valence-corrected chi connectivity index (χ0v) is 12.8. The van der Waals surface area contributed by atoms with E-state index < -0.39 is 5.82 Å². The number of hydrogen-bond acceptors (Lipinski definition) is 2. The van der Waals surface area contributed by atoms with Gasteiger partial charge in [-0.05, 0) is 50.4 Å². The summed E-state index contributed by atoms with van der Waals surface area (Å²) in [7, 11) is 1.46. The molecular weight excluding hydrogens is 355 g/mol. The van der Waals surface area contributed by atoms with E-state index in [4.69, 9.17) is 9.47 Å². The van der Waals surface area contributed by atoms with Gasteiger partial charge in [-0.15, -0.1) is 0 Å². The van der Waals surface area contributed by atoms with Gasteiger partial charge in [-0.1, -0.05) is 6.92 Å². The Labute approximate surface area is 117 Å². The molecule has 0 heterocycles. The van der Waals surface area contributed by atoms with Crippen LogP contribution >= 0.6 is 31.9 Å². The fourth-order valence-electron chi connectivity index (χ4n) is 1.40. The van der Waals surface area contributed by atoms with E-state index in [9.17, 15) is 4.39 Å². The van der Waals surface area contributed by atoms with E-state index in [1.54, 1.807) is 12.1 Å². The minimum atomic E-state index is -0.399. The second-order valence-corrected chi connectivity index (χ2v) is 6.03. The highest BCUT2D eigenvalue weighted by Gasteiger charge is 2.10. The number of hydrogen-bond donors (Lipinski definition) is 0. The lowest BCUT2D eigenvalue weighted by atomic mass is 10.1. The SMILES string of the molecule is CCc1cc(OCC=C(Br)Br)cc(F)c1OC. The summed E-state index contributed by atoms with van der Waals surface area (Å²) in [4.78, 5) is 0. The Kier molecular flexibility index (Phi) is 5.98. The number of benzene rings is 1. The van der Waals surface area contributed by atoms with Gasteiger partial charge in [0.15, 0.2) is 11.6 Å². The van der Waals surface area contributed by atoms with E-state index in [0.29, 0.717) is 18.8 Å². The Hall–Kier alpha value is -0.550. The first-order chi connectivity index (χ1) is 8.08. The van der Waals surface area contributed by atoms with Gasteiger partial charge in [0.05, 0.1) is 10.5 Å². The smallest absolute Gasteiger partial charge is 0.169 e. The highest BCUT2D eigenvalue weighted by molar-refractivity contribution is 9.28. The van der Waals surface area contributed by atoms with Crippen molar-refractivity contribution in [2.45, 2.75) is 13.3 Å². The average Bonchev–Trinajstić information content (AvgIpc) is 2.27. The zero-order valence-electron chi connectivity index (χ0n) is 9.60. The van der Waals surface area contributed by atoms with Crippen LogP contribution in [0.1, 0.15) is 12.5 Å². The molecule has 0 aliphatic carbocycles. The summed E-state index contributed by atoms with van der Waals surface area (Å²) in [5.74, 6) is 0.387. The first-order valence-electron chi connectivity index (χ1n) is 5.08. The highest BCUT2D eigenvalue weighted by Crippen LogP contribution is 2.28. The molecule has 1 rings (SSSR count). The van der Waals surface area contributed by atoms with Crippen LogP contribution in [0.4, 0.5) is 4.39 Å². The van der Waals surface area contributed by atoms with Crippen LogP contribution in [-0.2, 0) is 6.42 Å². The summed E-state index contributed by atoms with van der Waals surface area (Å²) >= 11 is 6.43. The molecule has 17 heavy (non-hydrogen) atoms. The van der Waals surface area contributed by atoms with Gasteiger partial charge < -0.3 is 9.47 Å². The third-order valence-corrected chi connectivity index (χ3v) is 2.81. The van der Waals surface area contributed by atoms with Crippen LogP contribution in [0, 0.1) is 5.82 Å². The maximum atomic E-state index is 13.6. The Bertz CT molecular complexity index is 415. The molecule has 94 valence electrons. The van der Waals surface area contributed by atoms with Crippen LogP contribution in [0.3, 0.4) is 0 Å². The number of rotatable bonds is 5. The van der Waals surface area contributed by atoms with E-state index in [2.05, 4.69) is 31.9 Å². The molecule has 0 radical (unpaired) electrons. The van der Waals surface area contributed by atoms with Gasteiger partial charge in [0.1, 0.15) is 12.4 Å². The zero-order chi connectivity index (χ0) is 12.8. The van der Waals surface area contributed by atoms with Crippen LogP contribution in [-0.4, -0.2) is 13.7 Å². The molecule has 5 heteroatoms. The van der Waals surface area contributed by atoms with E-state index in [-0.39, 0.29) is 5.75 Å². The first-order valence-corrected chi connectivity index (χ1v) is 6.67. The van der Waals surface area contributed by atoms with Gasteiger partial charge in [0.2, 0.25) is 0 Å². The third-order valence-electron chi connectivity index (χ3n) is 2.17. The van der Waals surface area contributed by atoms with Gasteiger partial charge >= 0.3 is 0 Å². The van der Waals surface area contributed by atoms with Gasteiger partial charge in [-0.2, -0.15) is 0 Å². The van der Waals surface area contributed by atoms with Crippen molar-refractivity contribution in [1.29, 1.82) is 0 Å². The maximum Gasteiger partial charge on any atom is 0.169 e. The molecule has 0 N–H and O–H groups in total. The molecule has 0 atom stereocenters. The molecule has 1 aromatic rings. The Balaban J connectivity index is 2.88. The van der Waals surface area contributed by atoms with Crippen molar-refractivity contribution in [3.63, 3.8) is 0 Å². The van der Waals surface area contributed by atoms with Crippen molar-refractivity contribution >= 4 is 31.9 Å². The Morgan fingerprint density at radius 2 is 2.12 bits per heavy atom. The molecule has 0 spiro atoms. The molecule has 2 nitrogen and oxygen atoms in total. The van der Waals surface area contributed by atoms with E-state index in [0.717, 1.165) is 8.96 Å². The predicted molar refractivity (Wildman–Crippen MR) is 73.8 cm³/mol. The monoisotopic (exact) mass is 366 g/mol. The standard InChI is InChI=1S/C12H13Br2FO2/c1-3-8-6-9(17-5-4-11(13)14)7-10(15)12(8)16-2/h4,6-7H,3,5H2,1-2H3. The van der Waals surface area contributed by atoms with Crippen LogP contribution in [0.25, 0.3) is 0 Å². The summed E-state index contributed by atoms with van der Waals surface area (Å²) in [6.07, 6.45) is 2.48. The lowest BCUT2D eigenvalue weighted by Gasteiger charge is -2.11. The van der Waals surface area contributed by atoms with Crippen LogP contribution in [0.5, 0.6) is 11.5 Å². The third kappa shape index (κ3) is 4.32. The molecule has 0 aromatic heterocycles. The molecule has 1 aromatic carbocycles. The normalized spacial score (nSPS) is 9.94. The largest absolute Gasteiger partial charge is 0.493 e. The average molecular weight is 368 g/mol. The Morgan fingerprint density at radius 1 is 1.41 bits per heavy atom. The summed E-state index contributed by atoms with van der Waals surface area (Å²) in [6, 6.07) is 3.12. The predicted octanol–water partition coefficient (Wildman–Crippen LogP) is 4.41. The molecule has 0 bridgehead atoms. The van der Waals surface area contributed by atoms with Crippen LogP contribution in [0.15, 0.2) is 21.6 Å². The van der Waals surface area contributed by atoms with Gasteiger partial charge in [-0.3, -0.25) is 0 Å². The molecule has 0 unspecified atom stereocenters. The molecule has 0 aliphatic rings. The van der Waals surface area contributed by atoms with Crippen molar-refractivity contribution in [2.75, 3.05) is 13.7 Å². The van der Waals surface area contributed by atoms with Gasteiger partial charge in [0, 0.05) is 11.6 Å². The quantitative estimate of drug-likeness (QED) is 0.767. The summed E-state index contributed by atoms with van der Waals surface area (Å²) in [6.45, 7) is 2.30. The highest BCUT2D eigenvalue weighted by atomic mass is 79.9. The minimum Gasteiger partial charge on any atom is -0.493 e.